The van der Waals surface area contributed by atoms with Crippen LogP contribution in [0.15, 0.2) is 42.6 Å². The SMILES string of the molecule is COC(=O)[C@@](NC(=O)c1ccc(C)cc1)(Nc1ccc(C)c[nH+]1)C(F)(F)F. The van der Waals surface area contributed by atoms with E-state index in [1.807, 2.05) is 5.32 Å². The first-order valence-corrected chi connectivity index (χ1v) is 7.90. The molecule has 0 aliphatic heterocycles. The molecule has 0 aliphatic carbocycles. The number of hydrogen-bond donors (Lipinski definition) is 2. The monoisotopic (exact) mass is 382 g/mol. The minimum Gasteiger partial charge on any atom is -0.464 e. The molecule has 1 atom stereocenters. The minimum absolute atomic E-state index is 0.0344. The first kappa shape index (κ1) is 20.2. The van der Waals surface area contributed by atoms with Crippen LogP contribution in [0.25, 0.3) is 0 Å². The number of H-pyrrole nitrogens is 1. The van der Waals surface area contributed by atoms with E-state index < -0.39 is 23.7 Å². The molecule has 0 saturated carbocycles. The molecule has 0 bridgehead atoms. The number of rotatable bonds is 5. The van der Waals surface area contributed by atoms with Gasteiger partial charge in [-0.05, 0) is 37.6 Å². The van der Waals surface area contributed by atoms with Crippen molar-refractivity contribution in [3.05, 3.63) is 59.3 Å². The summed E-state index contributed by atoms with van der Waals surface area (Å²) in [6, 6.07) is 8.73. The number of carbonyl (C=O) groups excluding carboxylic acids is 2. The molecule has 2 rings (SSSR count). The molecular weight excluding hydrogens is 363 g/mol. The van der Waals surface area contributed by atoms with Crippen LogP contribution in [0.4, 0.5) is 19.0 Å². The molecule has 0 unspecified atom stereocenters. The molecule has 6 nitrogen and oxygen atoms in total. The molecule has 144 valence electrons. The third-order valence-corrected chi connectivity index (χ3v) is 3.82. The number of pyridine rings is 1. The molecule has 1 heterocycles. The van der Waals surface area contributed by atoms with Gasteiger partial charge in [0.25, 0.3) is 11.7 Å². The Morgan fingerprint density at radius 1 is 1.00 bits per heavy atom. The predicted octanol–water partition coefficient (Wildman–Crippen LogP) is 2.39. The van der Waals surface area contributed by atoms with Gasteiger partial charge in [0, 0.05) is 11.6 Å². The highest BCUT2D eigenvalue weighted by atomic mass is 19.4. The van der Waals surface area contributed by atoms with Crippen molar-refractivity contribution in [3.8, 4) is 0 Å². The minimum atomic E-state index is -5.20. The maximum absolute atomic E-state index is 13.9. The van der Waals surface area contributed by atoms with Gasteiger partial charge >= 0.3 is 17.8 Å². The van der Waals surface area contributed by atoms with Crippen molar-refractivity contribution in [2.45, 2.75) is 25.7 Å². The number of alkyl halides is 3. The number of benzene rings is 1. The summed E-state index contributed by atoms with van der Waals surface area (Å²) in [5.41, 5.74) is -1.92. The standard InChI is InChI=1S/C18H18F3N3O3/c1-11-4-7-13(8-5-11)15(25)24-17(16(26)27-3,18(19,20)21)23-14-9-6-12(2)10-22-14/h4-10H,1-3H3,(H,22,23)(H,24,25)/p+1/t17-/m0/s1. The molecule has 2 aromatic rings. The lowest BCUT2D eigenvalue weighted by atomic mass is 10.1. The topological polar surface area (TPSA) is 81.6 Å². The summed E-state index contributed by atoms with van der Waals surface area (Å²) in [6.07, 6.45) is -3.75. The summed E-state index contributed by atoms with van der Waals surface area (Å²) in [6.45, 7) is 3.50. The Hall–Kier alpha value is -3.10. The number of halogens is 3. The maximum Gasteiger partial charge on any atom is 0.464 e. The Labute approximate surface area is 153 Å². The van der Waals surface area contributed by atoms with Gasteiger partial charge < -0.3 is 4.74 Å². The molecule has 1 amide bonds. The zero-order valence-electron chi connectivity index (χ0n) is 14.9. The Bertz CT molecular complexity index is 820. The second-order valence-corrected chi connectivity index (χ2v) is 5.96. The number of amides is 1. The Morgan fingerprint density at radius 3 is 2.07 bits per heavy atom. The molecule has 0 fully saturated rings. The highest BCUT2D eigenvalue weighted by Gasteiger charge is 2.67. The van der Waals surface area contributed by atoms with Gasteiger partial charge in [0.2, 0.25) is 0 Å². The number of carbonyl (C=O) groups is 2. The molecule has 1 aromatic heterocycles. The molecular formula is C18H19F3N3O3+. The van der Waals surface area contributed by atoms with Crippen molar-refractivity contribution in [3.63, 3.8) is 0 Å². The van der Waals surface area contributed by atoms with Gasteiger partial charge in [-0.3, -0.25) is 10.1 Å². The molecule has 0 saturated heterocycles. The normalized spacial score (nSPS) is 13.4. The van der Waals surface area contributed by atoms with Crippen molar-refractivity contribution in [2.24, 2.45) is 0 Å². The van der Waals surface area contributed by atoms with Crippen LogP contribution in [-0.2, 0) is 9.53 Å². The van der Waals surface area contributed by atoms with Crippen molar-refractivity contribution >= 4 is 17.7 Å². The highest BCUT2D eigenvalue weighted by molar-refractivity contribution is 5.99. The number of ether oxygens (including phenoxy) is 1. The summed E-state index contributed by atoms with van der Waals surface area (Å²) >= 11 is 0. The van der Waals surface area contributed by atoms with Gasteiger partial charge in [-0.15, -0.1) is 0 Å². The van der Waals surface area contributed by atoms with Crippen LogP contribution in [-0.4, -0.2) is 30.8 Å². The summed E-state index contributed by atoms with van der Waals surface area (Å²) in [5, 5.41) is 3.79. The highest BCUT2D eigenvalue weighted by Crippen LogP contribution is 2.32. The van der Waals surface area contributed by atoms with Crippen molar-refractivity contribution < 1.29 is 32.5 Å². The number of nitrogens with one attached hydrogen (secondary N) is 3. The number of aromatic amines is 1. The summed E-state index contributed by atoms with van der Waals surface area (Å²) in [7, 11) is 0.807. The summed E-state index contributed by atoms with van der Waals surface area (Å²) < 4.78 is 46.1. The van der Waals surface area contributed by atoms with E-state index >= 15 is 0 Å². The fourth-order valence-corrected chi connectivity index (χ4v) is 2.27. The van der Waals surface area contributed by atoms with E-state index in [0.29, 0.717) is 0 Å². The second kappa shape index (κ2) is 7.65. The number of hydrogen-bond acceptors (Lipinski definition) is 4. The molecule has 0 spiro atoms. The van der Waals surface area contributed by atoms with E-state index in [2.05, 4.69) is 9.72 Å². The van der Waals surface area contributed by atoms with Crippen LogP contribution >= 0.6 is 0 Å². The quantitative estimate of drug-likeness (QED) is 0.615. The number of aryl methyl sites for hydroxylation is 2. The first-order valence-electron chi connectivity index (χ1n) is 7.90. The zero-order chi connectivity index (χ0) is 20.2. The van der Waals surface area contributed by atoms with E-state index in [4.69, 9.17) is 0 Å². The lowest BCUT2D eigenvalue weighted by molar-refractivity contribution is -0.363. The van der Waals surface area contributed by atoms with Crippen LogP contribution in [0.3, 0.4) is 0 Å². The van der Waals surface area contributed by atoms with E-state index in [1.165, 1.54) is 24.4 Å². The smallest absolute Gasteiger partial charge is 0.464 e. The van der Waals surface area contributed by atoms with Gasteiger partial charge in [-0.25, -0.2) is 15.1 Å². The average molecular weight is 382 g/mol. The van der Waals surface area contributed by atoms with Crippen molar-refractivity contribution in [2.75, 3.05) is 12.4 Å². The second-order valence-electron chi connectivity index (χ2n) is 5.96. The Kier molecular flexibility index (Phi) is 5.72. The van der Waals surface area contributed by atoms with E-state index in [0.717, 1.165) is 18.2 Å². The number of esters is 1. The fourth-order valence-electron chi connectivity index (χ4n) is 2.27. The molecule has 27 heavy (non-hydrogen) atoms. The Morgan fingerprint density at radius 2 is 1.59 bits per heavy atom. The van der Waals surface area contributed by atoms with Crippen molar-refractivity contribution in [1.29, 1.82) is 0 Å². The third kappa shape index (κ3) is 4.36. The van der Waals surface area contributed by atoms with Crippen molar-refractivity contribution in [1.82, 2.24) is 5.32 Å². The number of aromatic nitrogens is 1. The largest absolute Gasteiger partial charge is 0.464 e. The third-order valence-electron chi connectivity index (χ3n) is 3.82. The predicted molar refractivity (Wildman–Crippen MR) is 90.8 cm³/mol. The van der Waals surface area contributed by atoms with Crippen LogP contribution in [0.5, 0.6) is 0 Å². The molecule has 0 aliphatic rings. The zero-order valence-corrected chi connectivity index (χ0v) is 14.9. The van der Waals surface area contributed by atoms with Crippen LogP contribution < -0.4 is 15.6 Å². The molecule has 9 heteroatoms. The fraction of sp³-hybridized carbons (Fsp3) is 0.278. The summed E-state index contributed by atoms with van der Waals surface area (Å²) in [5.74, 6) is -2.92. The van der Waals surface area contributed by atoms with Gasteiger partial charge in [0.1, 0.15) is 0 Å². The van der Waals surface area contributed by atoms with E-state index in [1.54, 1.807) is 37.4 Å². The maximum atomic E-state index is 13.9. The van der Waals surface area contributed by atoms with Crippen LogP contribution in [0.1, 0.15) is 21.5 Å². The molecule has 1 aromatic carbocycles. The number of methoxy groups -OCH3 is 1. The lowest BCUT2D eigenvalue weighted by Crippen LogP contribution is -2.69. The van der Waals surface area contributed by atoms with Crippen LogP contribution in [0, 0.1) is 13.8 Å². The van der Waals surface area contributed by atoms with Crippen LogP contribution in [0.2, 0.25) is 0 Å². The molecule has 3 N–H and O–H groups in total. The van der Waals surface area contributed by atoms with E-state index in [9.17, 15) is 22.8 Å². The Balaban J connectivity index is 2.46. The number of anilines is 1. The average Bonchev–Trinajstić information content (AvgIpc) is 2.61. The van der Waals surface area contributed by atoms with Gasteiger partial charge in [-0.2, -0.15) is 13.2 Å². The first-order chi connectivity index (χ1) is 12.6. The van der Waals surface area contributed by atoms with Gasteiger partial charge in [0.15, 0.2) is 0 Å². The van der Waals surface area contributed by atoms with Gasteiger partial charge in [0.05, 0.1) is 13.3 Å². The lowest BCUT2D eigenvalue weighted by Gasteiger charge is -2.30. The van der Waals surface area contributed by atoms with E-state index in [-0.39, 0.29) is 11.4 Å². The molecule has 0 radical (unpaired) electrons. The van der Waals surface area contributed by atoms with Gasteiger partial charge in [-0.1, -0.05) is 17.7 Å². The summed E-state index contributed by atoms with van der Waals surface area (Å²) in [4.78, 5) is 27.1.